The molecule has 33 heavy (non-hydrogen) atoms. The topological polar surface area (TPSA) is 156 Å². The normalized spacial score (nSPS) is 15.6. The molecule has 6 N–H and O–H groups in total. The molecule has 2 heterocycles. The number of aliphatic hydroxyl groups excluding tert-OH is 4. The van der Waals surface area contributed by atoms with Crippen molar-refractivity contribution in [1.29, 1.82) is 0 Å². The van der Waals surface area contributed by atoms with Crippen LogP contribution in [0.2, 0.25) is 0 Å². The van der Waals surface area contributed by atoms with Crippen molar-refractivity contribution >= 4 is 22.9 Å². The first-order chi connectivity index (χ1) is 15.6. The number of hydrogen-bond donors (Lipinski definition) is 6. The largest absolute Gasteiger partial charge is 0.417 e. The monoisotopic (exact) mass is 467 g/mol. The number of aliphatic hydroxyl groups is 4. The minimum Gasteiger partial charge on any atom is -0.394 e. The molecule has 0 radical (unpaired) electrons. The molecule has 2 aromatic heterocycles. The highest BCUT2D eigenvalue weighted by Crippen LogP contribution is 2.39. The van der Waals surface area contributed by atoms with Gasteiger partial charge in [-0.1, -0.05) is 12.1 Å². The summed E-state index contributed by atoms with van der Waals surface area (Å²) in [6, 6.07) is 6.15. The first-order valence-electron chi connectivity index (χ1n) is 9.64. The van der Waals surface area contributed by atoms with Crippen molar-refractivity contribution in [3.8, 4) is 11.3 Å². The van der Waals surface area contributed by atoms with E-state index in [1.165, 1.54) is 30.5 Å². The zero-order valence-corrected chi connectivity index (χ0v) is 16.8. The Morgan fingerprint density at radius 3 is 2.42 bits per heavy atom. The maximum absolute atomic E-state index is 14.0. The number of alkyl halides is 3. The number of aromatic nitrogens is 2. The first-order valence-corrected chi connectivity index (χ1v) is 9.64. The summed E-state index contributed by atoms with van der Waals surface area (Å²) in [7, 11) is 0. The number of benzene rings is 1. The molecular formula is C21H20F3N3O6. The molecule has 0 spiro atoms. The highest BCUT2D eigenvalue weighted by molar-refractivity contribution is 5.90. The molecule has 0 fully saturated rings. The van der Waals surface area contributed by atoms with Crippen molar-refractivity contribution in [2.45, 2.75) is 30.5 Å². The van der Waals surface area contributed by atoms with Gasteiger partial charge in [0.25, 0.3) is 5.56 Å². The van der Waals surface area contributed by atoms with Gasteiger partial charge in [-0.05, 0) is 24.3 Å². The van der Waals surface area contributed by atoms with Gasteiger partial charge in [-0.3, -0.25) is 9.78 Å². The number of rotatable bonds is 8. The summed E-state index contributed by atoms with van der Waals surface area (Å²) in [5, 5.41) is 40.4. The molecule has 9 nitrogen and oxygen atoms in total. The van der Waals surface area contributed by atoms with Crippen LogP contribution in [0.1, 0.15) is 5.56 Å². The Balaban J connectivity index is 2.07. The van der Waals surface area contributed by atoms with Crippen LogP contribution in [-0.4, -0.2) is 67.6 Å². The molecule has 0 aliphatic heterocycles. The van der Waals surface area contributed by atoms with Gasteiger partial charge in [-0.2, -0.15) is 13.2 Å². The number of aldehydes is 1. The van der Waals surface area contributed by atoms with E-state index in [2.05, 4.69) is 15.3 Å². The Morgan fingerprint density at radius 2 is 1.85 bits per heavy atom. The Hall–Kier alpha value is -3.32. The minimum absolute atomic E-state index is 0.0405. The average molecular weight is 467 g/mol. The van der Waals surface area contributed by atoms with Crippen LogP contribution in [0.5, 0.6) is 0 Å². The lowest BCUT2D eigenvalue weighted by Crippen LogP contribution is -2.49. The van der Waals surface area contributed by atoms with Gasteiger partial charge in [0, 0.05) is 17.3 Å². The fourth-order valence-electron chi connectivity index (χ4n) is 3.38. The lowest BCUT2D eigenvalue weighted by Gasteiger charge is -2.27. The summed E-state index contributed by atoms with van der Waals surface area (Å²) in [6.07, 6.45) is -8.86. The predicted molar refractivity (Wildman–Crippen MR) is 111 cm³/mol. The molecular weight excluding hydrogens is 447 g/mol. The second-order valence-electron chi connectivity index (χ2n) is 7.21. The van der Waals surface area contributed by atoms with Crippen molar-refractivity contribution in [2.75, 3.05) is 11.9 Å². The summed E-state index contributed by atoms with van der Waals surface area (Å²) in [5.41, 5.74) is -3.17. The predicted octanol–water partition coefficient (Wildman–Crippen LogP) is 0.663. The number of aromatic amines is 1. The molecule has 0 amide bonds. The maximum Gasteiger partial charge on any atom is 0.417 e. The van der Waals surface area contributed by atoms with E-state index in [0.29, 0.717) is 0 Å². The Labute approximate surface area is 184 Å². The van der Waals surface area contributed by atoms with Crippen LogP contribution in [0.15, 0.2) is 47.4 Å². The van der Waals surface area contributed by atoms with Crippen LogP contribution in [0.25, 0.3) is 22.2 Å². The van der Waals surface area contributed by atoms with Gasteiger partial charge >= 0.3 is 6.18 Å². The number of carbonyl (C=O) groups is 1. The van der Waals surface area contributed by atoms with E-state index in [9.17, 15) is 38.1 Å². The number of nitrogens with one attached hydrogen (secondary N) is 2. The number of nitrogens with zero attached hydrogens (tertiary/aromatic N) is 1. The van der Waals surface area contributed by atoms with E-state index in [4.69, 9.17) is 5.11 Å². The second-order valence-corrected chi connectivity index (χ2v) is 7.21. The molecule has 3 aromatic rings. The molecule has 3 rings (SSSR count). The second kappa shape index (κ2) is 9.67. The van der Waals surface area contributed by atoms with Crippen LogP contribution >= 0.6 is 0 Å². The highest BCUT2D eigenvalue weighted by Gasteiger charge is 2.38. The Bertz CT molecular complexity index is 1190. The molecule has 176 valence electrons. The first kappa shape index (κ1) is 24.3. The van der Waals surface area contributed by atoms with Crippen LogP contribution in [0.4, 0.5) is 18.9 Å². The fourth-order valence-corrected chi connectivity index (χ4v) is 3.38. The summed E-state index contributed by atoms with van der Waals surface area (Å²) in [4.78, 5) is 30.2. The maximum atomic E-state index is 14.0. The van der Waals surface area contributed by atoms with E-state index >= 15 is 0 Å². The summed E-state index contributed by atoms with van der Waals surface area (Å²) < 4.78 is 41.9. The van der Waals surface area contributed by atoms with Gasteiger partial charge < -0.3 is 35.5 Å². The van der Waals surface area contributed by atoms with Gasteiger partial charge in [-0.15, -0.1) is 0 Å². The van der Waals surface area contributed by atoms with Crippen LogP contribution in [0.3, 0.4) is 0 Å². The van der Waals surface area contributed by atoms with Crippen molar-refractivity contribution in [1.82, 2.24) is 9.97 Å². The zero-order valence-electron chi connectivity index (χ0n) is 16.8. The van der Waals surface area contributed by atoms with E-state index in [1.807, 2.05) is 0 Å². The van der Waals surface area contributed by atoms with E-state index in [0.717, 1.165) is 12.1 Å². The van der Waals surface area contributed by atoms with Crippen molar-refractivity contribution in [3.05, 3.63) is 58.5 Å². The third-order valence-electron chi connectivity index (χ3n) is 5.00. The number of anilines is 1. The Kier molecular flexibility index (Phi) is 7.12. The smallest absolute Gasteiger partial charge is 0.394 e. The quantitative estimate of drug-likeness (QED) is 0.264. The molecule has 0 saturated carbocycles. The number of fused-ring (bicyclic) bond motifs is 1. The number of carbonyl (C=O) groups excluding carboxylic acids is 1. The summed E-state index contributed by atoms with van der Waals surface area (Å²) in [5.74, 6) is 0. The van der Waals surface area contributed by atoms with Gasteiger partial charge in [0.15, 0.2) is 0 Å². The Morgan fingerprint density at radius 1 is 1.12 bits per heavy atom. The van der Waals surface area contributed by atoms with Crippen LogP contribution < -0.4 is 10.9 Å². The minimum atomic E-state index is -4.89. The number of pyridine rings is 2. The average Bonchev–Trinajstić information content (AvgIpc) is 2.79. The van der Waals surface area contributed by atoms with E-state index in [-0.39, 0.29) is 28.6 Å². The number of hydrogen-bond acceptors (Lipinski definition) is 8. The van der Waals surface area contributed by atoms with Crippen molar-refractivity contribution in [3.63, 3.8) is 0 Å². The third-order valence-corrected chi connectivity index (χ3v) is 5.00. The third kappa shape index (κ3) is 5.03. The highest BCUT2D eigenvalue weighted by atomic mass is 19.4. The van der Waals surface area contributed by atoms with E-state index < -0.39 is 53.8 Å². The molecule has 0 unspecified atom stereocenters. The molecule has 0 aliphatic carbocycles. The molecule has 0 saturated heterocycles. The summed E-state index contributed by atoms with van der Waals surface area (Å²) in [6.45, 7) is -0.875. The van der Waals surface area contributed by atoms with Gasteiger partial charge in [0.05, 0.1) is 28.9 Å². The van der Waals surface area contributed by atoms with Gasteiger partial charge in [-0.25, -0.2) is 0 Å². The molecule has 0 aliphatic rings. The molecule has 12 heteroatoms. The number of halogens is 3. The molecule has 1 aromatic carbocycles. The lowest BCUT2D eigenvalue weighted by molar-refractivity contribution is -0.135. The van der Waals surface area contributed by atoms with Crippen LogP contribution in [-0.2, 0) is 11.0 Å². The van der Waals surface area contributed by atoms with Crippen molar-refractivity contribution < 1.29 is 38.4 Å². The standard InChI is InChI=1S/C21H20F3N3O6/c22-21(23,24)17-11-5-4-10(26-14(8-28)18(31)19(32)15(30)9-29)7-13(11)27-20(33)16(17)12-3-1-2-6-25-12/h1-8,14-15,18-19,26,29-32H,9H2,(H,27,33)/t14-,15+,18+,19+/m0/s1. The SMILES string of the molecule is O=C[C@H](Nc1ccc2c(C(F)(F)F)c(-c3ccccn3)c(=O)[nH]c2c1)[C@@H](O)[C@H](O)[C@H](O)CO. The zero-order chi connectivity index (χ0) is 24.3. The fraction of sp³-hybridized carbons (Fsp3) is 0.286. The number of H-pyrrole nitrogens is 1. The van der Waals surface area contributed by atoms with E-state index in [1.54, 1.807) is 0 Å². The summed E-state index contributed by atoms with van der Waals surface area (Å²) >= 11 is 0. The molecule has 0 bridgehead atoms. The van der Waals surface area contributed by atoms with Gasteiger partial charge in [0.2, 0.25) is 0 Å². The lowest BCUT2D eigenvalue weighted by atomic mass is 9.99. The molecule has 4 atom stereocenters. The van der Waals surface area contributed by atoms with Crippen molar-refractivity contribution in [2.24, 2.45) is 0 Å². The van der Waals surface area contributed by atoms with Gasteiger partial charge in [0.1, 0.15) is 30.6 Å². The van der Waals surface area contributed by atoms with Crippen LogP contribution in [0, 0.1) is 0 Å².